The van der Waals surface area contributed by atoms with E-state index in [9.17, 15) is 19.5 Å². The fourth-order valence-corrected chi connectivity index (χ4v) is 5.02. The van der Waals surface area contributed by atoms with Gasteiger partial charge in [0.1, 0.15) is 18.6 Å². The van der Waals surface area contributed by atoms with Gasteiger partial charge in [0.05, 0.1) is 16.4 Å². The molecular weight excluding hydrogens is 508 g/mol. The Kier molecular flexibility index (Phi) is 9.04. The minimum absolute atomic E-state index is 0.0267. The number of ether oxygens (including phenoxy) is 4. The van der Waals surface area contributed by atoms with Crippen LogP contribution in [0.15, 0.2) is 78.9 Å². The quantitative estimate of drug-likeness (QED) is 0.319. The molecule has 3 aromatic carbocycles. The van der Waals surface area contributed by atoms with Gasteiger partial charge in [0, 0.05) is 0 Å². The van der Waals surface area contributed by atoms with Crippen LogP contribution in [-0.2, 0) is 25.6 Å². The van der Waals surface area contributed by atoms with Crippen LogP contribution in [0.3, 0.4) is 0 Å². The maximum absolute atomic E-state index is 12.9. The first-order chi connectivity index (χ1) is 18.3. The lowest BCUT2D eigenvalue weighted by Gasteiger charge is -2.24. The third-order valence-electron chi connectivity index (χ3n) is 5.91. The molecule has 4 rings (SSSR count). The van der Waals surface area contributed by atoms with Gasteiger partial charge >= 0.3 is 18.1 Å². The van der Waals surface area contributed by atoms with Crippen LogP contribution in [0.25, 0.3) is 0 Å². The van der Waals surface area contributed by atoms with Gasteiger partial charge in [0.15, 0.2) is 12.2 Å². The molecule has 0 amide bonds. The second-order valence-corrected chi connectivity index (χ2v) is 10.2. The second-order valence-electron chi connectivity index (χ2n) is 8.87. The summed E-state index contributed by atoms with van der Waals surface area (Å²) in [5, 5.41) is 10.0. The molecule has 1 saturated heterocycles. The van der Waals surface area contributed by atoms with Crippen molar-refractivity contribution in [3.05, 3.63) is 107 Å². The SMILES string of the molecule is Cc1ccc(C(=O)OC[C@H]2SC(O)[C@H](OC(=O)OCc3ccccc3)[C@H]2OC(=O)c2ccc(C)cc2)cc1. The highest BCUT2D eigenvalue weighted by molar-refractivity contribution is 8.00. The maximum atomic E-state index is 12.9. The van der Waals surface area contributed by atoms with Crippen molar-refractivity contribution in [3.8, 4) is 0 Å². The van der Waals surface area contributed by atoms with Gasteiger partial charge in [-0.3, -0.25) is 0 Å². The van der Waals surface area contributed by atoms with Gasteiger partial charge in [-0.15, -0.1) is 11.8 Å². The molecule has 0 saturated carbocycles. The van der Waals surface area contributed by atoms with Crippen LogP contribution >= 0.6 is 11.8 Å². The summed E-state index contributed by atoms with van der Waals surface area (Å²) in [6, 6.07) is 22.7. The number of aryl methyl sites for hydroxylation is 2. The summed E-state index contributed by atoms with van der Waals surface area (Å²) in [6.07, 6.45) is -3.35. The molecule has 4 atom stereocenters. The Bertz CT molecular complexity index is 1240. The highest BCUT2D eigenvalue weighted by Gasteiger charge is 2.49. The minimum atomic E-state index is -1.24. The Morgan fingerprint density at radius 1 is 0.737 bits per heavy atom. The molecule has 3 aromatic rings. The van der Waals surface area contributed by atoms with Crippen LogP contribution in [0.2, 0.25) is 0 Å². The van der Waals surface area contributed by atoms with E-state index in [1.807, 2.05) is 32.0 Å². The Balaban J connectivity index is 1.45. The minimum Gasteiger partial charge on any atom is -0.461 e. The monoisotopic (exact) mass is 536 g/mol. The highest BCUT2D eigenvalue weighted by Crippen LogP contribution is 2.38. The van der Waals surface area contributed by atoms with Crippen molar-refractivity contribution in [2.75, 3.05) is 6.61 Å². The molecule has 1 unspecified atom stereocenters. The van der Waals surface area contributed by atoms with Crippen LogP contribution in [0, 0.1) is 13.8 Å². The van der Waals surface area contributed by atoms with Crippen LogP contribution in [0.1, 0.15) is 37.4 Å². The van der Waals surface area contributed by atoms with Gasteiger partial charge < -0.3 is 24.1 Å². The Hall–Kier alpha value is -3.82. The summed E-state index contributed by atoms with van der Waals surface area (Å²) in [7, 11) is 0. The molecule has 9 heteroatoms. The molecule has 38 heavy (non-hydrogen) atoms. The van der Waals surface area contributed by atoms with Gasteiger partial charge in [-0.05, 0) is 43.7 Å². The summed E-state index contributed by atoms with van der Waals surface area (Å²) < 4.78 is 21.7. The van der Waals surface area contributed by atoms with Gasteiger partial charge in [-0.2, -0.15) is 0 Å². The number of carbonyl (C=O) groups excluding carboxylic acids is 3. The summed E-state index contributed by atoms with van der Waals surface area (Å²) >= 11 is 0.986. The largest absolute Gasteiger partial charge is 0.509 e. The number of carbonyl (C=O) groups is 3. The van der Waals surface area contributed by atoms with Crippen LogP contribution in [-0.4, -0.2) is 52.7 Å². The molecule has 1 N–H and O–H groups in total. The van der Waals surface area contributed by atoms with Gasteiger partial charge in [0.2, 0.25) is 0 Å². The maximum Gasteiger partial charge on any atom is 0.509 e. The zero-order valence-corrected chi connectivity index (χ0v) is 21.8. The summed E-state index contributed by atoms with van der Waals surface area (Å²) in [6.45, 7) is 3.59. The smallest absolute Gasteiger partial charge is 0.461 e. The van der Waals surface area contributed by atoms with Gasteiger partial charge in [0.25, 0.3) is 0 Å². The average Bonchev–Trinajstić information content (AvgIpc) is 3.20. The molecule has 0 radical (unpaired) electrons. The number of aliphatic hydroxyl groups excluding tert-OH is 1. The number of aliphatic hydroxyl groups is 1. The third kappa shape index (κ3) is 7.14. The predicted octanol–water partition coefficient (Wildman–Crippen LogP) is 4.84. The summed E-state index contributed by atoms with van der Waals surface area (Å²) in [5.74, 6) is -1.22. The number of esters is 2. The highest BCUT2D eigenvalue weighted by atomic mass is 32.2. The lowest BCUT2D eigenvalue weighted by Crippen LogP contribution is -2.42. The van der Waals surface area contributed by atoms with Crippen LogP contribution in [0.5, 0.6) is 0 Å². The zero-order chi connectivity index (χ0) is 27.1. The average molecular weight is 537 g/mol. The van der Waals surface area contributed by atoms with E-state index in [-0.39, 0.29) is 13.2 Å². The van der Waals surface area contributed by atoms with E-state index in [1.54, 1.807) is 60.7 Å². The molecule has 1 fully saturated rings. The van der Waals surface area contributed by atoms with E-state index in [2.05, 4.69) is 0 Å². The first kappa shape index (κ1) is 27.2. The molecule has 0 spiro atoms. The van der Waals surface area contributed by atoms with Gasteiger partial charge in [-0.1, -0.05) is 65.7 Å². The third-order valence-corrected chi connectivity index (χ3v) is 7.21. The van der Waals surface area contributed by atoms with Crippen molar-refractivity contribution < 1.29 is 38.4 Å². The standard InChI is InChI=1S/C29H28O8S/c1-18-8-12-21(13-9-18)26(30)34-17-23-24(36-27(31)22-14-10-19(2)11-15-22)25(28(32)38-23)37-29(33)35-16-20-6-4-3-5-7-20/h3-15,23-25,28,32H,16-17H2,1-2H3/t23-,24+,25-,28?/m1/s1. The molecule has 198 valence electrons. The van der Waals surface area contributed by atoms with Crippen molar-refractivity contribution >= 4 is 29.9 Å². The number of rotatable bonds is 8. The number of thioether (sulfide) groups is 1. The topological polar surface area (TPSA) is 108 Å². The normalized spacial score (nSPS) is 20.4. The van der Waals surface area contributed by atoms with Crippen molar-refractivity contribution in [1.29, 1.82) is 0 Å². The summed E-state index contributed by atoms with van der Waals surface area (Å²) in [5.41, 5.74) is 2.15. The Labute approximate surface area is 224 Å². The lowest BCUT2D eigenvalue weighted by atomic mass is 10.1. The van der Waals surface area contributed by atoms with Crippen molar-refractivity contribution in [2.24, 2.45) is 0 Å². The van der Waals surface area contributed by atoms with Gasteiger partial charge in [-0.25, -0.2) is 14.4 Å². The van der Waals surface area contributed by atoms with E-state index in [1.165, 1.54) is 0 Å². The summed E-state index contributed by atoms with van der Waals surface area (Å²) in [4.78, 5) is 37.9. The molecule has 0 bridgehead atoms. The molecule has 0 aromatic heterocycles. The van der Waals surface area contributed by atoms with E-state index >= 15 is 0 Å². The number of hydrogen-bond acceptors (Lipinski definition) is 9. The van der Waals surface area contributed by atoms with Crippen LogP contribution in [0.4, 0.5) is 4.79 Å². The molecular formula is C29H28O8S. The van der Waals surface area contributed by atoms with Crippen molar-refractivity contribution in [2.45, 2.75) is 43.3 Å². The van der Waals surface area contributed by atoms with Crippen LogP contribution < -0.4 is 0 Å². The van der Waals surface area contributed by atoms with E-state index in [0.717, 1.165) is 28.5 Å². The molecule has 1 aliphatic heterocycles. The van der Waals surface area contributed by atoms with Crippen molar-refractivity contribution in [3.63, 3.8) is 0 Å². The Morgan fingerprint density at radius 2 is 1.32 bits per heavy atom. The number of hydrogen-bond donors (Lipinski definition) is 1. The first-order valence-electron chi connectivity index (χ1n) is 12.0. The predicted molar refractivity (Wildman–Crippen MR) is 141 cm³/mol. The van der Waals surface area contributed by atoms with Crippen molar-refractivity contribution in [1.82, 2.24) is 0 Å². The molecule has 1 heterocycles. The Morgan fingerprint density at radius 3 is 1.92 bits per heavy atom. The fraction of sp³-hybridized carbons (Fsp3) is 0.276. The fourth-order valence-electron chi connectivity index (χ4n) is 3.78. The van der Waals surface area contributed by atoms with E-state index < -0.39 is 41.0 Å². The molecule has 8 nitrogen and oxygen atoms in total. The van der Waals surface area contributed by atoms with E-state index in [0.29, 0.717) is 11.1 Å². The number of benzene rings is 3. The second kappa shape index (κ2) is 12.6. The first-order valence-corrected chi connectivity index (χ1v) is 13.0. The molecule has 0 aliphatic carbocycles. The molecule has 1 aliphatic rings. The zero-order valence-electron chi connectivity index (χ0n) is 20.9. The lowest BCUT2D eigenvalue weighted by molar-refractivity contribution is -0.0675. The van der Waals surface area contributed by atoms with E-state index in [4.69, 9.17) is 18.9 Å².